The quantitative estimate of drug-likeness (QED) is 0.261. The molecule has 0 bridgehead atoms. The minimum atomic E-state index is -4.29. The highest BCUT2D eigenvalue weighted by atomic mass is 32.2. The minimum absolute atomic E-state index is 0.282. The number of anilines is 1. The molecule has 2 aromatic heterocycles. The molecule has 0 atom stereocenters. The fourth-order valence-electron chi connectivity index (χ4n) is 4.45. The average Bonchev–Trinajstić information content (AvgIpc) is 3.59. The summed E-state index contributed by atoms with van der Waals surface area (Å²) in [5.74, 6) is 0.416. The van der Waals surface area contributed by atoms with Crippen LogP contribution in [0.1, 0.15) is 17.5 Å². The Labute approximate surface area is 219 Å². The van der Waals surface area contributed by atoms with Gasteiger partial charge in [0.25, 0.3) is 10.0 Å². The van der Waals surface area contributed by atoms with Crippen molar-refractivity contribution in [3.63, 3.8) is 0 Å². The third-order valence-electron chi connectivity index (χ3n) is 6.30. The molecule has 38 heavy (non-hydrogen) atoms. The first-order valence-corrected chi connectivity index (χ1v) is 13.2. The van der Waals surface area contributed by atoms with E-state index >= 15 is 0 Å². The molecule has 2 aromatic carbocycles. The molecule has 194 valence electrons. The highest BCUT2D eigenvalue weighted by Gasteiger charge is 2.25. The van der Waals surface area contributed by atoms with Gasteiger partial charge in [-0.1, -0.05) is 24.3 Å². The number of carbonyl (C=O) groups excluding carboxylic acids is 1. The molecule has 1 aliphatic rings. The van der Waals surface area contributed by atoms with Crippen molar-refractivity contribution in [3.05, 3.63) is 78.1 Å². The summed E-state index contributed by atoms with van der Waals surface area (Å²) in [5, 5.41) is 25.0. The molecular weight excluding hydrogens is 509 g/mol. The molecule has 0 unspecified atom stereocenters. The lowest BCUT2D eigenvalue weighted by Crippen LogP contribution is -2.35. The SMILES string of the molecule is COc1cc(-c2ccc3c(c2NC(=O)NS(=O)(=O)c2ccn(-c4ccc(B(O)O)cc4)n2)CCC3)ccn1. The van der Waals surface area contributed by atoms with Gasteiger partial charge >= 0.3 is 13.1 Å². The number of nitrogens with one attached hydrogen (secondary N) is 2. The molecule has 0 spiro atoms. The maximum absolute atomic E-state index is 13.0. The molecule has 0 fully saturated rings. The summed E-state index contributed by atoms with van der Waals surface area (Å²) in [7, 11) is -4.40. The third kappa shape index (κ3) is 5.12. The smallest absolute Gasteiger partial charge is 0.481 e. The van der Waals surface area contributed by atoms with Gasteiger partial charge < -0.3 is 20.1 Å². The Morgan fingerprint density at radius 1 is 1.08 bits per heavy atom. The first kappa shape index (κ1) is 25.5. The summed E-state index contributed by atoms with van der Waals surface area (Å²) >= 11 is 0. The van der Waals surface area contributed by atoms with E-state index in [-0.39, 0.29) is 10.5 Å². The van der Waals surface area contributed by atoms with Crippen LogP contribution in [-0.2, 0) is 22.9 Å². The van der Waals surface area contributed by atoms with Crippen LogP contribution in [0.5, 0.6) is 5.88 Å². The lowest BCUT2D eigenvalue weighted by molar-refractivity contribution is 0.256. The van der Waals surface area contributed by atoms with Crippen LogP contribution in [0.25, 0.3) is 16.8 Å². The second-order valence-corrected chi connectivity index (χ2v) is 10.3. The van der Waals surface area contributed by atoms with Crippen molar-refractivity contribution in [1.29, 1.82) is 0 Å². The molecule has 2 amide bonds. The van der Waals surface area contributed by atoms with Gasteiger partial charge in [0.2, 0.25) is 5.88 Å². The summed E-state index contributed by atoms with van der Waals surface area (Å²) < 4.78 is 34.5. The van der Waals surface area contributed by atoms with E-state index in [2.05, 4.69) is 15.4 Å². The second-order valence-electron chi connectivity index (χ2n) is 8.69. The molecule has 0 saturated carbocycles. The van der Waals surface area contributed by atoms with Crippen molar-refractivity contribution in [1.82, 2.24) is 19.5 Å². The molecule has 5 rings (SSSR count). The molecule has 0 radical (unpaired) electrons. The van der Waals surface area contributed by atoms with Crippen LogP contribution in [0.4, 0.5) is 10.5 Å². The topological polar surface area (TPSA) is 156 Å². The standard InChI is InChI=1S/C25H24BN5O6S/c1-37-22-15-17(11-13-27-22)21-10-5-16-3-2-4-20(16)24(21)28-25(32)30-38(35,36)23-12-14-31(29-23)19-8-6-18(7-9-19)26(33)34/h5-15,33-34H,2-4H2,1H3,(H2,28,30,32). The van der Waals surface area contributed by atoms with Gasteiger partial charge in [0.1, 0.15) is 0 Å². The van der Waals surface area contributed by atoms with Crippen molar-refractivity contribution in [3.8, 4) is 22.7 Å². The van der Waals surface area contributed by atoms with Crippen molar-refractivity contribution in [2.45, 2.75) is 24.3 Å². The first-order chi connectivity index (χ1) is 18.2. The van der Waals surface area contributed by atoms with Gasteiger partial charge in [-0.2, -0.15) is 13.5 Å². The molecule has 11 nitrogen and oxygen atoms in total. The van der Waals surface area contributed by atoms with Crippen LogP contribution >= 0.6 is 0 Å². The van der Waals surface area contributed by atoms with E-state index in [0.717, 1.165) is 41.5 Å². The highest BCUT2D eigenvalue weighted by molar-refractivity contribution is 7.90. The van der Waals surface area contributed by atoms with Gasteiger partial charge in [0.05, 0.1) is 18.5 Å². The number of benzene rings is 2. The normalized spacial score (nSPS) is 12.6. The molecule has 1 aliphatic carbocycles. The number of ether oxygens (including phenoxy) is 1. The molecule has 0 aliphatic heterocycles. The molecule has 4 aromatic rings. The summed E-state index contributed by atoms with van der Waals surface area (Å²) in [5.41, 5.74) is 4.88. The first-order valence-electron chi connectivity index (χ1n) is 11.8. The number of hydrogen-bond donors (Lipinski definition) is 4. The number of pyridine rings is 1. The number of hydrogen-bond acceptors (Lipinski definition) is 8. The van der Waals surface area contributed by atoms with Gasteiger partial charge in [-0.05, 0) is 65.7 Å². The zero-order valence-corrected chi connectivity index (χ0v) is 21.1. The number of methoxy groups -OCH3 is 1. The van der Waals surface area contributed by atoms with Crippen molar-refractivity contribution < 1.29 is 28.0 Å². The Hall–Kier alpha value is -4.20. The second kappa shape index (κ2) is 10.3. The number of rotatable bonds is 7. The largest absolute Gasteiger partial charge is 0.488 e. The van der Waals surface area contributed by atoms with Crippen molar-refractivity contribution in [2.75, 3.05) is 12.4 Å². The van der Waals surface area contributed by atoms with E-state index < -0.39 is 23.2 Å². The lowest BCUT2D eigenvalue weighted by atomic mass is 9.80. The monoisotopic (exact) mass is 533 g/mol. The fraction of sp³-hybridized carbons (Fsp3) is 0.160. The zero-order valence-electron chi connectivity index (χ0n) is 20.3. The van der Waals surface area contributed by atoms with Crippen LogP contribution in [0.2, 0.25) is 0 Å². The van der Waals surface area contributed by atoms with E-state index in [1.54, 1.807) is 30.5 Å². The minimum Gasteiger partial charge on any atom is -0.481 e. The van der Waals surface area contributed by atoms with Crippen LogP contribution in [0, 0.1) is 0 Å². The summed E-state index contributed by atoms with van der Waals surface area (Å²) in [6.45, 7) is 0. The summed E-state index contributed by atoms with van der Waals surface area (Å²) in [4.78, 5) is 17.1. The third-order valence-corrected chi connectivity index (χ3v) is 7.52. The predicted octanol–water partition coefficient (Wildman–Crippen LogP) is 1.62. The number of nitrogens with zero attached hydrogens (tertiary/aromatic N) is 3. The van der Waals surface area contributed by atoms with Crippen LogP contribution in [-0.4, -0.2) is 53.5 Å². The maximum Gasteiger partial charge on any atom is 0.488 e. The van der Waals surface area contributed by atoms with E-state index in [4.69, 9.17) is 4.74 Å². The lowest BCUT2D eigenvalue weighted by Gasteiger charge is -2.17. The van der Waals surface area contributed by atoms with Crippen LogP contribution in [0.15, 0.2) is 72.0 Å². The number of urea groups is 1. The molecule has 0 saturated heterocycles. The van der Waals surface area contributed by atoms with Gasteiger partial charge in [0, 0.05) is 24.0 Å². The number of sulfonamides is 1. The van der Waals surface area contributed by atoms with E-state index in [0.29, 0.717) is 17.3 Å². The zero-order chi connectivity index (χ0) is 26.9. The van der Waals surface area contributed by atoms with E-state index in [1.807, 2.05) is 16.9 Å². The van der Waals surface area contributed by atoms with Crippen molar-refractivity contribution in [2.24, 2.45) is 0 Å². The van der Waals surface area contributed by atoms with Gasteiger partial charge in [-0.15, -0.1) is 0 Å². The van der Waals surface area contributed by atoms with Gasteiger partial charge in [0.15, 0.2) is 5.03 Å². The molecule has 13 heteroatoms. The Kier molecular flexibility index (Phi) is 6.89. The number of carbonyl (C=O) groups is 1. The number of amides is 2. The van der Waals surface area contributed by atoms with E-state index in [9.17, 15) is 23.3 Å². The van der Waals surface area contributed by atoms with E-state index in [1.165, 1.54) is 36.2 Å². The van der Waals surface area contributed by atoms with Crippen molar-refractivity contribution >= 4 is 34.3 Å². The summed E-state index contributed by atoms with van der Waals surface area (Å²) in [6.07, 6.45) is 5.59. The maximum atomic E-state index is 13.0. The van der Waals surface area contributed by atoms with Crippen LogP contribution in [0.3, 0.4) is 0 Å². The Bertz CT molecular complexity index is 1600. The Balaban J connectivity index is 1.38. The Morgan fingerprint density at radius 3 is 2.61 bits per heavy atom. The molecular formula is C25H24BN5O6S. The summed E-state index contributed by atoms with van der Waals surface area (Å²) in [6, 6.07) is 13.9. The average molecular weight is 533 g/mol. The fourth-order valence-corrected chi connectivity index (χ4v) is 5.28. The van der Waals surface area contributed by atoms with Gasteiger partial charge in [-0.25, -0.2) is 19.2 Å². The highest BCUT2D eigenvalue weighted by Crippen LogP contribution is 2.38. The van der Waals surface area contributed by atoms with Crippen LogP contribution < -0.4 is 20.2 Å². The number of fused-ring (bicyclic) bond motifs is 1. The number of aromatic nitrogens is 3. The number of aryl methyl sites for hydroxylation is 1. The molecule has 2 heterocycles. The predicted molar refractivity (Wildman–Crippen MR) is 141 cm³/mol. The van der Waals surface area contributed by atoms with Gasteiger partial charge in [-0.3, -0.25) is 0 Å². The molecule has 4 N–H and O–H groups in total. The Morgan fingerprint density at radius 2 is 1.87 bits per heavy atom.